The second kappa shape index (κ2) is 7.53. The van der Waals surface area contributed by atoms with E-state index in [0.29, 0.717) is 5.56 Å². The molecular weight excluding hydrogens is 346 g/mol. The Morgan fingerprint density at radius 1 is 0.741 bits per heavy atom. The van der Waals surface area contributed by atoms with Gasteiger partial charge in [-0.25, -0.2) is 4.79 Å². The number of hydrogen-bond donors (Lipinski definition) is 3. The standard InChI is InChI=1S/C21H15NO5/c23-18-11-10-14(21(26)27)12-17(18)22-20(25)16-9-5-4-8-15(16)19(24)13-6-2-1-3-7-13/h1-12,23H,(H,22,25)(H,26,27). The first-order chi connectivity index (χ1) is 13.0. The van der Waals surface area contributed by atoms with Crippen LogP contribution in [0.15, 0.2) is 72.8 Å². The molecule has 0 atom stereocenters. The van der Waals surface area contributed by atoms with Gasteiger partial charge in [0.25, 0.3) is 5.91 Å². The molecule has 0 unspecified atom stereocenters. The third kappa shape index (κ3) is 3.85. The number of ketones is 1. The largest absolute Gasteiger partial charge is 0.506 e. The molecule has 0 aromatic heterocycles. The van der Waals surface area contributed by atoms with E-state index in [1.165, 1.54) is 24.3 Å². The topological polar surface area (TPSA) is 104 Å². The van der Waals surface area contributed by atoms with Crippen LogP contribution in [0.2, 0.25) is 0 Å². The van der Waals surface area contributed by atoms with Crippen molar-refractivity contribution < 1.29 is 24.6 Å². The van der Waals surface area contributed by atoms with Crippen LogP contribution in [-0.2, 0) is 0 Å². The highest BCUT2D eigenvalue weighted by molar-refractivity contribution is 6.18. The molecule has 1 amide bonds. The monoisotopic (exact) mass is 361 g/mol. The van der Waals surface area contributed by atoms with E-state index in [4.69, 9.17) is 5.11 Å². The minimum absolute atomic E-state index is 0.0538. The van der Waals surface area contributed by atoms with Crippen LogP contribution < -0.4 is 5.32 Å². The summed E-state index contributed by atoms with van der Waals surface area (Å²) < 4.78 is 0. The highest BCUT2D eigenvalue weighted by Gasteiger charge is 2.19. The summed E-state index contributed by atoms with van der Waals surface area (Å²) in [6.45, 7) is 0. The van der Waals surface area contributed by atoms with Crippen molar-refractivity contribution in [2.45, 2.75) is 0 Å². The second-order valence-electron chi connectivity index (χ2n) is 5.73. The SMILES string of the molecule is O=C(O)c1ccc(O)c(NC(=O)c2ccccc2C(=O)c2ccccc2)c1. The molecule has 0 aliphatic heterocycles. The predicted octanol–water partition coefficient (Wildman–Crippen LogP) is 3.57. The summed E-state index contributed by atoms with van der Waals surface area (Å²) in [5, 5.41) is 21.4. The predicted molar refractivity (Wildman–Crippen MR) is 99.3 cm³/mol. The van der Waals surface area contributed by atoms with Gasteiger partial charge in [-0.1, -0.05) is 48.5 Å². The van der Waals surface area contributed by atoms with Crippen molar-refractivity contribution in [1.82, 2.24) is 0 Å². The summed E-state index contributed by atoms with van der Waals surface area (Å²) in [6.07, 6.45) is 0. The number of phenols is 1. The average molecular weight is 361 g/mol. The molecule has 0 bridgehead atoms. The summed E-state index contributed by atoms with van der Waals surface area (Å²) in [7, 11) is 0. The molecule has 0 heterocycles. The lowest BCUT2D eigenvalue weighted by atomic mass is 9.98. The number of aromatic carboxylic acids is 1. The number of aromatic hydroxyl groups is 1. The van der Waals surface area contributed by atoms with E-state index in [0.717, 1.165) is 6.07 Å². The van der Waals surface area contributed by atoms with Crippen LogP contribution in [0.4, 0.5) is 5.69 Å². The van der Waals surface area contributed by atoms with Crippen LogP contribution in [0, 0.1) is 0 Å². The first-order valence-corrected chi connectivity index (χ1v) is 8.04. The zero-order valence-corrected chi connectivity index (χ0v) is 14.0. The highest BCUT2D eigenvalue weighted by atomic mass is 16.4. The van der Waals surface area contributed by atoms with Gasteiger partial charge in [0.1, 0.15) is 5.75 Å². The number of carbonyl (C=O) groups is 3. The van der Waals surface area contributed by atoms with Gasteiger partial charge in [-0.15, -0.1) is 0 Å². The van der Waals surface area contributed by atoms with Gasteiger partial charge in [0.15, 0.2) is 5.78 Å². The molecule has 0 radical (unpaired) electrons. The maximum absolute atomic E-state index is 12.7. The summed E-state index contributed by atoms with van der Waals surface area (Å²) in [6, 6.07) is 18.4. The Kier molecular flexibility index (Phi) is 4.99. The third-order valence-electron chi connectivity index (χ3n) is 3.94. The van der Waals surface area contributed by atoms with Gasteiger partial charge >= 0.3 is 5.97 Å². The highest BCUT2D eigenvalue weighted by Crippen LogP contribution is 2.25. The fourth-order valence-corrected chi connectivity index (χ4v) is 2.58. The van der Waals surface area contributed by atoms with E-state index in [-0.39, 0.29) is 33.9 Å². The Bertz CT molecular complexity index is 1030. The molecule has 6 nitrogen and oxygen atoms in total. The molecular formula is C21H15NO5. The maximum atomic E-state index is 12.7. The normalized spacial score (nSPS) is 10.2. The van der Waals surface area contributed by atoms with Crippen LogP contribution in [0.25, 0.3) is 0 Å². The lowest BCUT2D eigenvalue weighted by molar-refractivity contribution is 0.0696. The first kappa shape index (κ1) is 17.9. The first-order valence-electron chi connectivity index (χ1n) is 8.04. The zero-order chi connectivity index (χ0) is 19.4. The summed E-state index contributed by atoms with van der Waals surface area (Å²) in [5.41, 5.74) is 0.619. The number of benzene rings is 3. The number of carboxylic acids is 1. The van der Waals surface area contributed by atoms with Crippen LogP contribution in [0.5, 0.6) is 5.75 Å². The number of carbonyl (C=O) groups excluding carboxylic acids is 2. The molecule has 3 rings (SSSR count). The minimum atomic E-state index is -1.19. The van der Waals surface area contributed by atoms with E-state index >= 15 is 0 Å². The minimum Gasteiger partial charge on any atom is -0.506 e. The lowest BCUT2D eigenvalue weighted by Crippen LogP contribution is -2.17. The van der Waals surface area contributed by atoms with Crippen LogP contribution in [0.1, 0.15) is 36.6 Å². The van der Waals surface area contributed by atoms with Crippen molar-refractivity contribution in [3.8, 4) is 5.75 Å². The maximum Gasteiger partial charge on any atom is 0.335 e. The van der Waals surface area contributed by atoms with Gasteiger partial charge in [0, 0.05) is 11.1 Å². The molecule has 3 N–H and O–H groups in total. The third-order valence-corrected chi connectivity index (χ3v) is 3.94. The van der Waals surface area contributed by atoms with E-state index in [9.17, 15) is 19.5 Å². The number of phenolic OH excluding ortho intramolecular Hbond substituents is 1. The van der Waals surface area contributed by atoms with Gasteiger partial charge in [-0.2, -0.15) is 0 Å². The Hall–Kier alpha value is -3.93. The van der Waals surface area contributed by atoms with Crippen molar-refractivity contribution in [3.63, 3.8) is 0 Å². The Balaban J connectivity index is 1.94. The second-order valence-corrected chi connectivity index (χ2v) is 5.73. The van der Waals surface area contributed by atoms with E-state index in [2.05, 4.69) is 5.32 Å². The quantitative estimate of drug-likeness (QED) is 0.476. The van der Waals surface area contributed by atoms with Crippen molar-refractivity contribution in [1.29, 1.82) is 0 Å². The molecule has 0 saturated heterocycles. The number of hydrogen-bond acceptors (Lipinski definition) is 4. The number of amides is 1. The molecule has 6 heteroatoms. The van der Waals surface area contributed by atoms with Crippen molar-refractivity contribution in [2.24, 2.45) is 0 Å². The molecule has 0 spiro atoms. The van der Waals surface area contributed by atoms with Gasteiger partial charge in [0.05, 0.1) is 16.8 Å². The molecule has 134 valence electrons. The molecule has 27 heavy (non-hydrogen) atoms. The van der Waals surface area contributed by atoms with Crippen molar-refractivity contribution in [2.75, 3.05) is 5.32 Å². The van der Waals surface area contributed by atoms with Crippen molar-refractivity contribution in [3.05, 3.63) is 95.1 Å². The smallest absolute Gasteiger partial charge is 0.335 e. The van der Waals surface area contributed by atoms with E-state index in [1.54, 1.807) is 42.5 Å². The molecule has 0 aliphatic rings. The number of carboxylic acid groups (broad SMARTS) is 1. The summed E-state index contributed by atoms with van der Waals surface area (Å²) in [5.74, 6) is -2.41. The Labute approximate surface area is 154 Å². The Morgan fingerprint density at radius 2 is 1.37 bits per heavy atom. The van der Waals surface area contributed by atoms with Gasteiger partial charge < -0.3 is 15.5 Å². The summed E-state index contributed by atoms with van der Waals surface area (Å²) in [4.78, 5) is 36.5. The van der Waals surface area contributed by atoms with Crippen LogP contribution in [-0.4, -0.2) is 27.9 Å². The molecule has 0 saturated carbocycles. The molecule has 3 aromatic rings. The zero-order valence-electron chi connectivity index (χ0n) is 14.0. The fraction of sp³-hybridized carbons (Fsp3) is 0. The van der Waals surface area contributed by atoms with Crippen molar-refractivity contribution >= 4 is 23.3 Å². The van der Waals surface area contributed by atoms with Gasteiger partial charge in [0.2, 0.25) is 0 Å². The number of nitrogens with one attached hydrogen (secondary N) is 1. The van der Waals surface area contributed by atoms with Gasteiger partial charge in [-0.3, -0.25) is 9.59 Å². The number of rotatable bonds is 5. The molecule has 0 fully saturated rings. The average Bonchev–Trinajstić information content (AvgIpc) is 2.69. The Morgan fingerprint density at radius 3 is 2.04 bits per heavy atom. The van der Waals surface area contributed by atoms with Gasteiger partial charge in [-0.05, 0) is 24.3 Å². The molecule has 3 aromatic carbocycles. The summed E-state index contributed by atoms with van der Waals surface area (Å²) >= 11 is 0. The van der Waals surface area contributed by atoms with Crippen LogP contribution >= 0.6 is 0 Å². The van der Waals surface area contributed by atoms with E-state index in [1.807, 2.05) is 0 Å². The van der Waals surface area contributed by atoms with Crippen LogP contribution in [0.3, 0.4) is 0 Å². The lowest BCUT2D eigenvalue weighted by Gasteiger charge is -2.11. The van der Waals surface area contributed by atoms with E-state index < -0.39 is 11.9 Å². The fourth-order valence-electron chi connectivity index (χ4n) is 2.58. The molecule has 0 aliphatic carbocycles. The number of anilines is 1.